The summed E-state index contributed by atoms with van der Waals surface area (Å²) in [6.07, 6.45) is 3.25. The number of ether oxygens (including phenoxy) is 1. The van der Waals surface area contributed by atoms with E-state index in [1.54, 1.807) is 23.7 Å². The number of thiophene rings is 1. The molecule has 1 amide bonds. The van der Waals surface area contributed by atoms with Gasteiger partial charge in [-0.1, -0.05) is 0 Å². The topological polar surface area (TPSA) is 119 Å². The third kappa shape index (κ3) is 3.99. The fraction of sp³-hybridized carbons (Fsp3) is 0.421. The van der Waals surface area contributed by atoms with Crippen molar-refractivity contribution in [3.05, 3.63) is 23.3 Å². The number of fused-ring (bicyclic) bond motifs is 1. The van der Waals surface area contributed by atoms with Crippen LogP contribution in [0, 0.1) is 0 Å². The Morgan fingerprint density at radius 3 is 2.59 bits per heavy atom. The first kappa shape index (κ1) is 19.5. The highest BCUT2D eigenvalue weighted by atomic mass is 32.1. The molecule has 29 heavy (non-hydrogen) atoms. The molecule has 4 rings (SSSR count). The average molecular weight is 414 g/mol. The molecule has 0 aliphatic carbocycles. The van der Waals surface area contributed by atoms with Crippen LogP contribution in [0.2, 0.25) is 0 Å². The minimum Gasteiger partial charge on any atom is -0.378 e. The molecule has 0 bridgehead atoms. The lowest BCUT2D eigenvalue weighted by molar-refractivity contribution is -0.120. The van der Waals surface area contributed by atoms with E-state index in [2.05, 4.69) is 20.2 Å². The van der Waals surface area contributed by atoms with Crippen molar-refractivity contribution in [1.82, 2.24) is 25.3 Å². The monoisotopic (exact) mass is 413 g/mol. The number of hydrogen-bond donors (Lipinski definition) is 2. The largest absolute Gasteiger partial charge is 0.378 e. The van der Waals surface area contributed by atoms with Gasteiger partial charge in [-0.2, -0.15) is 0 Å². The molecule has 0 saturated carbocycles. The van der Waals surface area contributed by atoms with Gasteiger partial charge in [-0.15, -0.1) is 11.3 Å². The van der Waals surface area contributed by atoms with E-state index in [1.165, 1.54) is 6.92 Å². The molecule has 9 nitrogen and oxygen atoms in total. The molecule has 3 aromatic rings. The maximum absolute atomic E-state index is 11.6. The van der Waals surface area contributed by atoms with Gasteiger partial charge in [-0.3, -0.25) is 4.79 Å². The molecule has 1 aliphatic heterocycles. The van der Waals surface area contributed by atoms with Crippen molar-refractivity contribution >= 4 is 39.2 Å². The third-order valence-corrected chi connectivity index (χ3v) is 6.14. The highest BCUT2D eigenvalue weighted by Crippen LogP contribution is 2.38. The Hall–Kier alpha value is -2.85. The number of nitrogens with two attached hydrogens (primary N) is 1. The second-order valence-electron chi connectivity index (χ2n) is 7.43. The number of nitrogens with one attached hydrogen (secondary N) is 1. The number of aromatic nitrogens is 4. The number of amides is 1. The van der Waals surface area contributed by atoms with Gasteiger partial charge in [-0.05, 0) is 19.9 Å². The molecule has 4 heterocycles. The molecule has 3 N–H and O–H groups in total. The zero-order chi connectivity index (χ0) is 20.6. The molecule has 10 heteroatoms. The summed E-state index contributed by atoms with van der Waals surface area (Å²) in [5, 5.41) is 3.00. The Labute approximate surface area is 172 Å². The number of nitrogens with zero attached hydrogens (tertiary/aromatic N) is 5. The summed E-state index contributed by atoms with van der Waals surface area (Å²) in [6, 6.07) is 2.02. The summed E-state index contributed by atoms with van der Waals surface area (Å²) < 4.78 is 6.49. The number of nitrogen functional groups attached to an aromatic ring is 1. The average Bonchev–Trinajstić information content (AvgIpc) is 3.13. The van der Waals surface area contributed by atoms with Crippen molar-refractivity contribution < 1.29 is 9.53 Å². The lowest BCUT2D eigenvalue weighted by Crippen LogP contribution is -2.38. The summed E-state index contributed by atoms with van der Waals surface area (Å²) in [6.45, 7) is 8.31. The molecule has 0 aromatic carbocycles. The number of anilines is 2. The number of carbonyl (C=O) groups is 1. The van der Waals surface area contributed by atoms with Gasteiger partial charge >= 0.3 is 0 Å². The number of carbonyl (C=O) groups excluding carboxylic acids is 1. The minimum absolute atomic E-state index is 0.0772. The highest BCUT2D eigenvalue weighted by Gasteiger charge is 2.27. The Balaban J connectivity index is 1.86. The van der Waals surface area contributed by atoms with E-state index in [4.69, 9.17) is 20.4 Å². The standard InChI is InChI=1S/C19H23N7O2S/c1-11(27)25-19(2,3)14-8-13-15(29-14)17(26-4-6-28-7-5-26)24-16(23-13)12-9-21-18(20)22-10-12/h8-10H,4-7H2,1-3H3,(H,25,27)(H2,20,21,22). The van der Waals surface area contributed by atoms with Crippen molar-refractivity contribution in [3.8, 4) is 11.4 Å². The van der Waals surface area contributed by atoms with Crippen molar-refractivity contribution in [2.75, 3.05) is 36.9 Å². The van der Waals surface area contributed by atoms with Crippen LogP contribution >= 0.6 is 11.3 Å². The molecule has 152 valence electrons. The fourth-order valence-corrected chi connectivity index (χ4v) is 4.47. The number of rotatable bonds is 4. The van der Waals surface area contributed by atoms with E-state index < -0.39 is 5.54 Å². The zero-order valence-electron chi connectivity index (χ0n) is 16.6. The summed E-state index contributed by atoms with van der Waals surface area (Å²) >= 11 is 1.60. The normalized spacial score (nSPS) is 14.9. The summed E-state index contributed by atoms with van der Waals surface area (Å²) in [4.78, 5) is 32.6. The Morgan fingerprint density at radius 1 is 1.24 bits per heavy atom. The van der Waals surface area contributed by atoms with Crippen LogP contribution in [-0.4, -0.2) is 52.1 Å². The minimum atomic E-state index is -0.510. The maximum Gasteiger partial charge on any atom is 0.219 e. The van der Waals surface area contributed by atoms with Crippen LogP contribution < -0.4 is 16.0 Å². The lowest BCUT2D eigenvalue weighted by atomic mass is 10.0. The molecule has 0 unspecified atom stereocenters. The second-order valence-corrected chi connectivity index (χ2v) is 8.48. The summed E-state index contributed by atoms with van der Waals surface area (Å²) in [5.41, 5.74) is 6.63. The van der Waals surface area contributed by atoms with Crippen LogP contribution in [0.15, 0.2) is 18.5 Å². The number of morpholine rings is 1. The Bertz CT molecular complexity index is 1040. The SMILES string of the molecule is CC(=O)NC(C)(C)c1cc2nc(-c3cnc(N)nc3)nc(N3CCOCC3)c2s1. The zero-order valence-corrected chi connectivity index (χ0v) is 17.4. The molecular weight excluding hydrogens is 390 g/mol. The first-order chi connectivity index (χ1) is 13.8. The molecular formula is C19H23N7O2S. The van der Waals surface area contributed by atoms with Crippen LogP contribution in [0.5, 0.6) is 0 Å². The first-order valence-electron chi connectivity index (χ1n) is 9.35. The van der Waals surface area contributed by atoms with Crippen LogP contribution in [0.1, 0.15) is 25.6 Å². The molecule has 0 radical (unpaired) electrons. The van der Waals surface area contributed by atoms with Gasteiger partial charge in [-0.25, -0.2) is 19.9 Å². The quantitative estimate of drug-likeness (QED) is 0.666. The molecule has 1 saturated heterocycles. The van der Waals surface area contributed by atoms with E-state index >= 15 is 0 Å². The van der Waals surface area contributed by atoms with Gasteiger partial charge in [0.1, 0.15) is 0 Å². The van der Waals surface area contributed by atoms with E-state index in [9.17, 15) is 4.79 Å². The predicted octanol–water partition coefficient (Wildman–Crippen LogP) is 1.94. The molecule has 3 aromatic heterocycles. The van der Waals surface area contributed by atoms with Crippen LogP contribution in [-0.2, 0) is 15.1 Å². The predicted molar refractivity (Wildman–Crippen MR) is 113 cm³/mol. The fourth-order valence-electron chi connectivity index (χ4n) is 3.30. The van der Waals surface area contributed by atoms with Gasteiger partial charge in [0.25, 0.3) is 0 Å². The van der Waals surface area contributed by atoms with Gasteiger partial charge in [0.15, 0.2) is 11.6 Å². The molecule has 1 fully saturated rings. The van der Waals surface area contributed by atoms with E-state index in [1.807, 2.05) is 19.9 Å². The van der Waals surface area contributed by atoms with Gasteiger partial charge in [0, 0.05) is 37.3 Å². The van der Waals surface area contributed by atoms with Crippen LogP contribution in [0.25, 0.3) is 21.6 Å². The molecule has 0 atom stereocenters. The highest BCUT2D eigenvalue weighted by molar-refractivity contribution is 7.19. The third-order valence-electron chi connectivity index (χ3n) is 4.70. The Kier molecular flexibility index (Phi) is 5.05. The van der Waals surface area contributed by atoms with Crippen LogP contribution in [0.3, 0.4) is 0 Å². The molecule has 1 aliphatic rings. The van der Waals surface area contributed by atoms with Gasteiger partial charge in [0.2, 0.25) is 11.9 Å². The van der Waals surface area contributed by atoms with Crippen molar-refractivity contribution in [3.63, 3.8) is 0 Å². The molecule has 0 spiro atoms. The Morgan fingerprint density at radius 2 is 1.93 bits per heavy atom. The summed E-state index contributed by atoms with van der Waals surface area (Å²) in [5.74, 6) is 1.53. The van der Waals surface area contributed by atoms with E-state index in [0.29, 0.717) is 24.6 Å². The lowest BCUT2D eigenvalue weighted by Gasteiger charge is -2.28. The van der Waals surface area contributed by atoms with Crippen molar-refractivity contribution in [2.24, 2.45) is 0 Å². The van der Waals surface area contributed by atoms with Gasteiger partial charge < -0.3 is 20.7 Å². The maximum atomic E-state index is 11.6. The van der Waals surface area contributed by atoms with E-state index in [0.717, 1.165) is 34.0 Å². The van der Waals surface area contributed by atoms with E-state index in [-0.39, 0.29) is 11.9 Å². The number of hydrogen-bond acceptors (Lipinski definition) is 9. The van der Waals surface area contributed by atoms with Crippen molar-refractivity contribution in [2.45, 2.75) is 26.3 Å². The summed E-state index contributed by atoms with van der Waals surface area (Å²) in [7, 11) is 0. The van der Waals surface area contributed by atoms with Crippen LogP contribution in [0.4, 0.5) is 11.8 Å². The first-order valence-corrected chi connectivity index (χ1v) is 10.2. The van der Waals surface area contributed by atoms with Gasteiger partial charge in [0.05, 0.1) is 34.5 Å². The van der Waals surface area contributed by atoms with Crippen molar-refractivity contribution in [1.29, 1.82) is 0 Å². The second kappa shape index (κ2) is 7.53. The smallest absolute Gasteiger partial charge is 0.219 e.